The Bertz CT molecular complexity index is 246. The molecule has 0 aromatic heterocycles. The number of hydrogen-bond donors (Lipinski definition) is 1. The molecule has 2 aliphatic rings. The Morgan fingerprint density at radius 2 is 1.48 bits per heavy atom. The van der Waals surface area contributed by atoms with Gasteiger partial charge in [0, 0.05) is 12.1 Å². The Morgan fingerprint density at radius 3 is 1.74 bits per heavy atom. The Balaban J connectivity index is 0.000000317. The standard InChI is InChI=1S/2C7H15N.C6H15N/c1-7-3-5-8(2)6-4-7;1-7-4-3-5-8(2)6-7;1-5-6(2,3)7-4/h2*7H,3-6H2,1-2H3;7H,5H2,1-4H3. The van der Waals surface area contributed by atoms with Gasteiger partial charge in [0.15, 0.2) is 0 Å². The highest BCUT2D eigenvalue weighted by Crippen LogP contribution is 2.14. The molecule has 1 N–H and O–H groups in total. The number of piperidine rings is 2. The molecule has 140 valence electrons. The lowest BCUT2D eigenvalue weighted by molar-refractivity contribution is 0.221. The van der Waals surface area contributed by atoms with Crippen LogP contribution in [0.3, 0.4) is 0 Å². The van der Waals surface area contributed by atoms with Crippen LogP contribution in [0.1, 0.15) is 66.7 Å². The molecule has 0 aromatic carbocycles. The van der Waals surface area contributed by atoms with Crippen LogP contribution >= 0.6 is 0 Å². The molecule has 0 radical (unpaired) electrons. The molecule has 23 heavy (non-hydrogen) atoms. The predicted octanol–water partition coefficient (Wildman–Crippen LogP) is 4.09. The van der Waals surface area contributed by atoms with Crippen LogP contribution in [0.15, 0.2) is 0 Å². The van der Waals surface area contributed by atoms with Gasteiger partial charge in [-0.05, 0) is 98.6 Å². The Hall–Kier alpha value is -0.120. The molecule has 0 amide bonds. The fraction of sp³-hybridized carbons (Fsp3) is 1.00. The van der Waals surface area contributed by atoms with Gasteiger partial charge in [0.25, 0.3) is 0 Å². The summed E-state index contributed by atoms with van der Waals surface area (Å²) < 4.78 is 0. The summed E-state index contributed by atoms with van der Waals surface area (Å²) in [5, 5.41) is 3.19. The molecular weight excluding hydrogens is 282 g/mol. The molecule has 0 aliphatic carbocycles. The molecule has 2 saturated heterocycles. The molecule has 3 nitrogen and oxygen atoms in total. The average molecular weight is 328 g/mol. The van der Waals surface area contributed by atoms with Crippen LogP contribution < -0.4 is 5.32 Å². The van der Waals surface area contributed by atoms with E-state index in [2.05, 4.69) is 63.8 Å². The lowest BCUT2D eigenvalue weighted by atomic mass is 10.00. The monoisotopic (exact) mass is 327 g/mol. The highest BCUT2D eigenvalue weighted by molar-refractivity contribution is 4.71. The highest BCUT2D eigenvalue weighted by Gasteiger charge is 2.11. The molecule has 2 heterocycles. The second-order valence-corrected chi connectivity index (χ2v) is 8.48. The van der Waals surface area contributed by atoms with E-state index >= 15 is 0 Å². The number of nitrogens with one attached hydrogen (secondary N) is 1. The first kappa shape index (κ1) is 22.9. The van der Waals surface area contributed by atoms with Gasteiger partial charge in [-0.25, -0.2) is 0 Å². The van der Waals surface area contributed by atoms with Crippen molar-refractivity contribution < 1.29 is 0 Å². The fourth-order valence-corrected chi connectivity index (χ4v) is 2.74. The van der Waals surface area contributed by atoms with Gasteiger partial charge in [-0.15, -0.1) is 0 Å². The van der Waals surface area contributed by atoms with Gasteiger partial charge in [-0.2, -0.15) is 0 Å². The third-order valence-corrected chi connectivity index (χ3v) is 5.43. The second-order valence-electron chi connectivity index (χ2n) is 8.48. The quantitative estimate of drug-likeness (QED) is 0.824. The molecule has 0 bridgehead atoms. The van der Waals surface area contributed by atoms with Gasteiger partial charge >= 0.3 is 0 Å². The van der Waals surface area contributed by atoms with Crippen molar-refractivity contribution in [2.24, 2.45) is 11.8 Å². The molecule has 2 aliphatic heterocycles. The van der Waals surface area contributed by atoms with E-state index in [9.17, 15) is 0 Å². The van der Waals surface area contributed by atoms with E-state index in [1.54, 1.807) is 0 Å². The van der Waals surface area contributed by atoms with E-state index in [-0.39, 0.29) is 0 Å². The molecule has 1 unspecified atom stereocenters. The minimum absolute atomic E-state index is 0.333. The van der Waals surface area contributed by atoms with Crippen LogP contribution in [0.5, 0.6) is 0 Å². The maximum atomic E-state index is 3.19. The zero-order valence-corrected chi connectivity index (χ0v) is 17.4. The summed E-state index contributed by atoms with van der Waals surface area (Å²) in [5.74, 6) is 1.92. The zero-order chi connectivity index (χ0) is 17.9. The third kappa shape index (κ3) is 12.9. The van der Waals surface area contributed by atoms with Crippen LogP contribution in [0.4, 0.5) is 0 Å². The number of likely N-dealkylation sites (tertiary alicyclic amines) is 2. The molecule has 3 heteroatoms. The van der Waals surface area contributed by atoms with E-state index in [1.165, 1.54) is 58.3 Å². The summed E-state index contributed by atoms with van der Waals surface area (Å²) in [4.78, 5) is 4.81. The van der Waals surface area contributed by atoms with Crippen molar-refractivity contribution in [3.8, 4) is 0 Å². The summed E-state index contributed by atoms with van der Waals surface area (Å²) >= 11 is 0. The lowest BCUT2D eigenvalue weighted by Crippen LogP contribution is -2.34. The van der Waals surface area contributed by atoms with Gasteiger partial charge < -0.3 is 15.1 Å². The average Bonchev–Trinajstić information content (AvgIpc) is 2.51. The Labute approximate surface area is 147 Å². The molecule has 1 atom stereocenters. The summed E-state index contributed by atoms with van der Waals surface area (Å²) in [5.41, 5.74) is 0.333. The van der Waals surface area contributed by atoms with Gasteiger partial charge in [-0.1, -0.05) is 20.8 Å². The first-order valence-electron chi connectivity index (χ1n) is 9.76. The number of hydrogen-bond acceptors (Lipinski definition) is 3. The normalized spacial score (nSPS) is 24.3. The highest BCUT2D eigenvalue weighted by atomic mass is 15.1. The van der Waals surface area contributed by atoms with E-state index in [0.717, 1.165) is 11.8 Å². The predicted molar refractivity (Wildman–Crippen MR) is 105 cm³/mol. The maximum absolute atomic E-state index is 3.19. The largest absolute Gasteiger partial charge is 0.315 e. The summed E-state index contributed by atoms with van der Waals surface area (Å²) in [6.45, 7) is 16.5. The van der Waals surface area contributed by atoms with Gasteiger partial charge in [0.2, 0.25) is 0 Å². The van der Waals surface area contributed by atoms with Gasteiger partial charge in [0.1, 0.15) is 0 Å². The van der Waals surface area contributed by atoms with Crippen molar-refractivity contribution in [1.29, 1.82) is 0 Å². The molecular formula is C20H45N3. The Morgan fingerprint density at radius 1 is 0.913 bits per heavy atom. The summed E-state index contributed by atoms with van der Waals surface area (Å²) in [6, 6.07) is 0. The maximum Gasteiger partial charge on any atom is 0.0119 e. The first-order valence-corrected chi connectivity index (χ1v) is 9.76. The van der Waals surface area contributed by atoms with Crippen molar-refractivity contribution in [1.82, 2.24) is 15.1 Å². The summed E-state index contributed by atoms with van der Waals surface area (Å²) in [7, 11) is 6.39. The van der Waals surface area contributed by atoms with E-state index < -0.39 is 0 Å². The van der Waals surface area contributed by atoms with Crippen LogP contribution in [0, 0.1) is 11.8 Å². The zero-order valence-electron chi connectivity index (χ0n) is 17.4. The third-order valence-electron chi connectivity index (χ3n) is 5.43. The molecule has 0 spiro atoms. The SMILES string of the molecule is CC1CCCN(C)C1.CC1CCN(C)CC1.CCC(C)(C)NC. The van der Waals surface area contributed by atoms with Crippen LogP contribution in [0.25, 0.3) is 0 Å². The van der Waals surface area contributed by atoms with Crippen molar-refractivity contribution in [2.45, 2.75) is 72.3 Å². The minimum Gasteiger partial charge on any atom is -0.315 e. The first-order chi connectivity index (χ1) is 10.7. The van der Waals surface area contributed by atoms with Crippen LogP contribution in [-0.4, -0.2) is 62.7 Å². The fourth-order valence-electron chi connectivity index (χ4n) is 2.74. The topological polar surface area (TPSA) is 18.5 Å². The molecule has 0 aromatic rings. The van der Waals surface area contributed by atoms with Crippen molar-refractivity contribution in [3.05, 3.63) is 0 Å². The van der Waals surface area contributed by atoms with E-state index in [4.69, 9.17) is 0 Å². The van der Waals surface area contributed by atoms with Crippen molar-refractivity contribution in [3.63, 3.8) is 0 Å². The van der Waals surface area contributed by atoms with E-state index in [1.807, 2.05) is 7.05 Å². The summed E-state index contributed by atoms with van der Waals surface area (Å²) in [6.07, 6.45) is 6.82. The smallest absolute Gasteiger partial charge is 0.0119 e. The van der Waals surface area contributed by atoms with Crippen molar-refractivity contribution >= 4 is 0 Å². The Kier molecular flexibility index (Phi) is 12.2. The van der Waals surface area contributed by atoms with Crippen molar-refractivity contribution in [2.75, 3.05) is 47.3 Å². The van der Waals surface area contributed by atoms with Crippen LogP contribution in [-0.2, 0) is 0 Å². The molecule has 2 fully saturated rings. The van der Waals surface area contributed by atoms with Gasteiger partial charge in [-0.3, -0.25) is 0 Å². The minimum atomic E-state index is 0.333. The molecule has 0 saturated carbocycles. The number of nitrogens with zero attached hydrogens (tertiary/aromatic N) is 2. The second kappa shape index (κ2) is 12.3. The van der Waals surface area contributed by atoms with Gasteiger partial charge in [0.05, 0.1) is 0 Å². The van der Waals surface area contributed by atoms with Crippen LogP contribution in [0.2, 0.25) is 0 Å². The molecule has 2 rings (SSSR count). The lowest BCUT2D eigenvalue weighted by Gasteiger charge is -2.26. The number of rotatable bonds is 2. The van der Waals surface area contributed by atoms with E-state index in [0.29, 0.717) is 5.54 Å².